The minimum atomic E-state index is -0.517. The highest BCUT2D eigenvalue weighted by atomic mass is 16.5. The molecule has 4 heteroatoms. The van der Waals surface area contributed by atoms with Crippen LogP contribution in [0.25, 0.3) is 0 Å². The van der Waals surface area contributed by atoms with Gasteiger partial charge in [0.15, 0.2) is 0 Å². The summed E-state index contributed by atoms with van der Waals surface area (Å²) in [6.45, 7) is 2.09. The maximum absolute atomic E-state index is 11.1. The maximum atomic E-state index is 11.1. The molecule has 1 aliphatic rings. The van der Waals surface area contributed by atoms with Crippen molar-refractivity contribution in [3.8, 4) is 11.8 Å². The molecule has 0 unspecified atom stereocenters. The normalized spacial score (nSPS) is 14.4. The van der Waals surface area contributed by atoms with Crippen LogP contribution in [0.5, 0.6) is 0 Å². The predicted molar refractivity (Wildman–Crippen MR) is 62.1 cm³/mol. The summed E-state index contributed by atoms with van der Waals surface area (Å²) in [7, 11) is 0. The van der Waals surface area contributed by atoms with E-state index in [2.05, 4.69) is 21.8 Å². The molecule has 0 spiro atoms. The number of carbonyl (C=O) groups excluding carboxylic acids is 1. The zero-order valence-electron chi connectivity index (χ0n) is 9.77. The molecule has 88 valence electrons. The summed E-state index contributed by atoms with van der Waals surface area (Å²) in [6, 6.07) is 1.86. The molecule has 0 N–H and O–H groups in total. The third kappa shape index (κ3) is 3.04. The van der Waals surface area contributed by atoms with Crippen molar-refractivity contribution in [1.29, 1.82) is 0 Å². The first-order valence-electron chi connectivity index (χ1n) is 5.80. The first-order valence-corrected chi connectivity index (χ1v) is 5.80. The van der Waals surface area contributed by atoms with E-state index in [-0.39, 0.29) is 0 Å². The Morgan fingerprint density at radius 3 is 3.00 bits per heavy atom. The van der Waals surface area contributed by atoms with Crippen LogP contribution in [0.2, 0.25) is 0 Å². The monoisotopic (exact) mass is 230 g/mol. The molecule has 0 bridgehead atoms. The lowest BCUT2D eigenvalue weighted by atomic mass is 9.83. The Bertz CT molecular complexity index is 470. The van der Waals surface area contributed by atoms with Crippen LogP contribution in [0.1, 0.15) is 43.5 Å². The number of carbonyl (C=O) groups is 1. The molecule has 0 aromatic carbocycles. The average molecular weight is 230 g/mol. The molecule has 4 nitrogen and oxygen atoms in total. The Hall–Kier alpha value is -1.89. The predicted octanol–water partition coefficient (Wildman–Crippen LogP) is 1.66. The molecule has 0 saturated heterocycles. The highest BCUT2D eigenvalue weighted by Crippen LogP contribution is 2.34. The number of ether oxygens (including phenoxy) is 1. The van der Waals surface area contributed by atoms with E-state index in [4.69, 9.17) is 4.74 Å². The lowest BCUT2D eigenvalue weighted by Crippen LogP contribution is -2.11. The summed E-state index contributed by atoms with van der Waals surface area (Å²) in [5.41, 5.74) is 1.61. The minimum Gasteiger partial charge on any atom is -0.456 e. The fraction of sp³-hybridized carbons (Fsp3) is 0.462. The van der Waals surface area contributed by atoms with Gasteiger partial charge in [0.1, 0.15) is 12.0 Å². The molecule has 1 heterocycles. The van der Waals surface area contributed by atoms with Gasteiger partial charge in [-0.3, -0.25) is 0 Å². The van der Waals surface area contributed by atoms with Crippen LogP contribution in [0, 0.1) is 11.8 Å². The van der Waals surface area contributed by atoms with Gasteiger partial charge in [-0.1, -0.05) is 6.42 Å². The Morgan fingerprint density at radius 2 is 2.35 bits per heavy atom. The molecule has 0 atom stereocenters. The maximum Gasteiger partial charge on any atom is 0.384 e. The van der Waals surface area contributed by atoms with E-state index in [0.29, 0.717) is 18.2 Å². The first kappa shape index (κ1) is 11.6. The van der Waals surface area contributed by atoms with E-state index in [1.807, 2.05) is 6.07 Å². The van der Waals surface area contributed by atoms with Crippen molar-refractivity contribution in [1.82, 2.24) is 9.97 Å². The standard InChI is InChI=1S/C13H14N2O2/c1-2-17-13(16)7-6-11-8-12(15-9-14-11)10-4-3-5-10/h8-10H,2-5H2,1H3. The highest BCUT2D eigenvalue weighted by Gasteiger charge is 2.20. The molecular formula is C13H14N2O2. The van der Waals surface area contributed by atoms with Gasteiger partial charge >= 0.3 is 5.97 Å². The molecule has 1 saturated carbocycles. The molecule has 0 aliphatic heterocycles. The molecule has 2 rings (SSSR count). The van der Waals surface area contributed by atoms with Gasteiger partial charge in [0, 0.05) is 17.5 Å². The lowest BCUT2D eigenvalue weighted by molar-refractivity contribution is -0.136. The van der Waals surface area contributed by atoms with E-state index in [0.717, 1.165) is 5.69 Å². The number of aromatic nitrogens is 2. The summed E-state index contributed by atoms with van der Waals surface area (Å²) in [5.74, 6) is 5.12. The van der Waals surface area contributed by atoms with Crippen LogP contribution in [-0.4, -0.2) is 22.5 Å². The SMILES string of the molecule is CCOC(=O)C#Cc1cc(C2CCC2)ncn1. The van der Waals surface area contributed by atoms with E-state index in [9.17, 15) is 4.79 Å². The van der Waals surface area contributed by atoms with Crippen LogP contribution in [0.3, 0.4) is 0 Å². The zero-order chi connectivity index (χ0) is 12.1. The zero-order valence-corrected chi connectivity index (χ0v) is 9.77. The van der Waals surface area contributed by atoms with Crippen LogP contribution in [0.15, 0.2) is 12.4 Å². The molecule has 1 aliphatic carbocycles. The van der Waals surface area contributed by atoms with Crippen molar-refractivity contribution in [3.63, 3.8) is 0 Å². The fourth-order valence-corrected chi connectivity index (χ4v) is 1.65. The van der Waals surface area contributed by atoms with Crippen molar-refractivity contribution < 1.29 is 9.53 Å². The smallest absolute Gasteiger partial charge is 0.384 e. The fourth-order valence-electron chi connectivity index (χ4n) is 1.65. The van der Waals surface area contributed by atoms with Crippen molar-refractivity contribution >= 4 is 5.97 Å². The second-order valence-corrected chi connectivity index (χ2v) is 3.93. The number of rotatable bonds is 2. The van der Waals surface area contributed by atoms with Crippen LogP contribution < -0.4 is 0 Å². The minimum absolute atomic E-state index is 0.338. The molecule has 1 aromatic heterocycles. The largest absolute Gasteiger partial charge is 0.456 e. The average Bonchev–Trinajstić information content (AvgIpc) is 2.25. The van der Waals surface area contributed by atoms with Gasteiger partial charge in [0.05, 0.1) is 6.61 Å². The number of esters is 1. The van der Waals surface area contributed by atoms with Gasteiger partial charge in [-0.25, -0.2) is 14.8 Å². The van der Waals surface area contributed by atoms with E-state index < -0.39 is 5.97 Å². The Kier molecular flexibility index (Phi) is 3.71. The van der Waals surface area contributed by atoms with E-state index in [1.165, 1.54) is 25.6 Å². The topological polar surface area (TPSA) is 52.1 Å². The lowest BCUT2D eigenvalue weighted by Gasteiger charge is -2.24. The van der Waals surface area contributed by atoms with Crippen molar-refractivity contribution in [2.45, 2.75) is 32.1 Å². The summed E-state index contributed by atoms with van der Waals surface area (Å²) in [6.07, 6.45) is 5.13. The molecule has 0 radical (unpaired) electrons. The van der Waals surface area contributed by atoms with E-state index >= 15 is 0 Å². The number of hydrogen-bond acceptors (Lipinski definition) is 4. The molecule has 1 aromatic rings. The highest BCUT2D eigenvalue weighted by molar-refractivity contribution is 5.88. The summed E-state index contributed by atoms with van der Waals surface area (Å²) >= 11 is 0. The molecule has 0 amide bonds. The summed E-state index contributed by atoms with van der Waals surface area (Å²) in [5, 5.41) is 0. The summed E-state index contributed by atoms with van der Waals surface area (Å²) < 4.78 is 4.72. The summed E-state index contributed by atoms with van der Waals surface area (Å²) in [4.78, 5) is 19.3. The number of hydrogen-bond donors (Lipinski definition) is 0. The second-order valence-electron chi connectivity index (χ2n) is 3.93. The Balaban J connectivity index is 2.07. The van der Waals surface area contributed by atoms with Crippen LogP contribution >= 0.6 is 0 Å². The Labute approximate surface area is 100 Å². The van der Waals surface area contributed by atoms with Gasteiger partial charge in [-0.2, -0.15) is 0 Å². The molecule has 1 fully saturated rings. The van der Waals surface area contributed by atoms with Gasteiger partial charge < -0.3 is 4.74 Å². The van der Waals surface area contributed by atoms with Gasteiger partial charge in [0.25, 0.3) is 0 Å². The van der Waals surface area contributed by atoms with Crippen molar-refractivity contribution in [3.05, 3.63) is 23.8 Å². The third-order valence-corrected chi connectivity index (χ3v) is 2.78. The van der Waals surface area contributed by atoms with E-state index in [1.54, 1.807) is 6.92 Å². The van der Waals surface area contributed by atoms with Gasteiger partial charge in [-0.05, 0) is 31.8 Å². The third-order valence-electron chi connectivity index (χ3n) is 2.78. The Morgan fingerprint density at radius 1 is 1.53 bits per heavy atom. The first-order chi connectivity index (χ1) is 8.29. The van der Waals surface area contributed by atoms with Gasteiger partial charge in [-0.15, -0.1) is 0 Å². The van der Waals surface area contributed by atoms with Crippen molar-refractivity contribution in [2.75, 3.05) is 6.61 Å². The van der Waals surface area contributed by atoms with Gasteiger partial charge in [0.2, 0.25) is 0 Å². The van der Waals surface area contributed by atoms with Crippen LogP contribution in [0.4, 0.5) is 0 Å². The quantitative estimate of drug-likeness (QED) is 0.572. The second kappa shape index (κ2) is 5.44. The van der Waals surface area contributed by atoms with Crippen molar-refractivity contribution in [2.24, 2.45) is 0 Å². The van der Waals surface area contributed by atoms with Crippen LogP contribution in [-0.2, 0) is 9.53 Å². The number of nitrogens with zero attached hydrogens (tertiary/aromatic N) is 2. The molecule has 17 heavy (non-hydrogen) atoms. The molecular weight excluding hydrogens is 216 g/mol.